The summed E-state index contributed by atoms with van der Waals surface area (Å²) in [5, 5.41) is 15.3. The summed E-state index contributed by atoms with van der Waals surface area (Å²) in [6, 6.07) is 0. The van der Waals surface area contributed by atoms with Gasteiger partial charge in [0.15, 0.2) is 5.16 Å². The third kappa shape index (κ3) is 2.04. The van der Waals surface area contributed by atoms with Crippen molar-refractivity contribution >= 4 is 39.3 Å². The molecule has 0 fully saturated rings. The molecule has 7 nitrogen and oxygen atoms in total. The van der Waals surface area contributed by atoms with Crippen molar-refractivity contribution in [3.05, 3.63) is 23.1 Å². The van der Waals surface area contributed by atoms with Crippen LogP contribution in [-0.2, 0) is 7.05 Å². The lowest BCUT2D eigenvalue weighted by atomic mass is 10.2. The van der Waals surface area contributed by atoms with E-state index in [1.165, 1.54) is 24.4 Å². The number of carbonyl (C=O) groups is 1. The number of thiophene rings is 1. The minimum Gasteiger partial charge on any atom is -0.477 e. The number of hydrogen-bond acceptors (Lipinski definition) is 7. The fourth-order valence-corrected chi connectivity index (χ4v) is 3.74. The smallest absolute Gasteiger partial charge is 0.346 e. The summed E-state index contributed by atoms with van der Waals surface area (Å²) in [7, 11) is 1.79. The summed E-state index contributed by atoms with van der Waals surface area (Å²) in [5.41, 5.74) is 0.683. The molecule has 20 heavy (non-hydrogen) atoms. The Morgan fingerprint density at radius 1 is 1.35 bits per heavy atom. The van der Waals surface area contributed by atoms with E-state index >= 15 is 0 Å². The predicted molar refractivity (Wildman–Crippen MR) is 74.2 cm³/mol. The molecule has 9 heteroatoms. The number of aryl methyl sites for hydroxylation is 2. The Labute approximate surface area is 121 Å². The fraction of sp³-hybridized carbons (Fsp3) is 0.182. The zero-order chi connectivity index (χ0) is 14.3. The molecule has 1 N–H and O–H groups in total. The Kier molecular flexibility index (Phi) is 3.14. The first-order chi connectivity index (χ1) is 9.58. The predicted octanol–water partition coefficient (Wildman–Crippen LogP) is 1.98. The maximum atomic E-state index is 11.2. The van der Waals surface area contributed by atoms with E-state index < -0.39 is 5.97 Å². The van der Waals surface area contributed by atoms with Gasteiger partial charge in [-0.2, -0.15) is 5.10 Å². The molecule has 0 aliphatic rings. The van der Waals surface area contributed by atoms with Gasteiger partial charge in [0.1, 0.15) is 27.4 Å². The fourth-order valence-electron chi connectivity index (χ4n) is 1.79. The van der Waals surface area contributed by atoms with Crippen LogP contribution in [0.15, 0.2) is 22.8 Å². The maximum absolute atomic E-state index is 11.2. The normalized spacial score (nSPS) is 11.1. The van der Waals surface area contributed by atoms with Crippen LogP contribution >= 0.6 is 23.1 Å². The minimum atomic E-state index is -0.944. The highest BCUT2D eigenvalue weighted by molar-refractivity contribution is 7.99. The van der Waals surface area contributed by atoms with Gasteiger partial charge in [-0.05, 0) is 24.2 Å². The van der Waals surface area contributed by atoms with Crippen LogP contribution in [0.3, 0.4) is 0 Å². The lowest BCUT2D eigenvalue weighted by Crippen LogP contribution is -1.95. The average molecular weight is 307 g/mol. The molecule has 3 heterocycles. The second-order valence-electron chi connectivity index (χ2n) is 3.99. The second kappa shape index (κ2) is 4.84. The molecule has 3 aromatic heterocycles. The molecule has 0 bridgehead atoms. The highest BCUT2D eigenvalue weighted by Crippen LogP contribution is 2.36. The minimum absolute atomic E-state index is 0.292. The first-order valence-electron chi connectivity index (χ1n) is 5.57. The summed E-state index contributed by atoms with van der Waals surface area (Å²) in [6.07, 6.45) is 2.90. The number of fused-ring (bicyclic) bond motifs is 1. The van der Waals surface area contributed by atoms with Crippen LogP contribution < -0.4 is 0 Å². The molecule has 0 saturated heterocycles. The topological polar surface area (TPSA) is 93.8 Å². The summed E-state index contributed by atoms with van der Waals surface area (Å²) in [5.74, 6) is -0.944. The van der Waals surface area contributed by atoms with Crippen LogP contribution in [0.4, 0.5) is 0 Å². The van der Waals surface area contributed by atoms with Gasteiger partial charge in [-0.3, -0.25) is 0 Å². The van der Waals surface area contributed by atoms with Crippen LogP contribution in [0.2, 0.25) is 0 Å². The largest absolute Gasteiger partial charge is 0.477 e. The van der Waals surface area contributed by atoms with E-state index in [0.29, 0.717) is 25.5 Å². The standard InChI is InChI=1S/C11H9N5O2S2/c1-5-6-8(19-7(5)10(17)18)12-3-13-9(6)20-11-14-4-15-16(11)2/h3-4H,1-2H3,(H,17,18). The van der Waals surface area contributed by atoms with E-state index in [-0.39, 0.29) is 0 Å². The maximum Gasteiger partial charge on any atom is 0.346 e. The van der Waals surface area contributed by atoms with Gasteiger partial charge < -0.3 is 5.11 Å². The van der Waals surface area contributed by atoms with Crippen molar-refractivity contribution in [2.45, 2.75) is 17.1 Å². The molecule has 0 aliphatic heterocycles. The van der Waals surface area contributed by atoms with Crippen LogP contribution in [0.25, 0.3) is 10.2 Å². The molecule has 0 aliphatic carbocycles. The molecule has 3 aromatic rings. The van der Waals surface area contributed by atoms with Gasteiger partial charge in [0.05, 0.1) is 0 Å². The zero-order valence-electron chi connectivity index (χ0n) is 10.6. The third-order valence-corrected chi connectivity index (χ3v) is 4.99. The quantitative estimate of drug-likeness (QED) is 0.739. The van der Waals surface area contributed by atoms with E-state index in [4.69, 9.17) is 0 Å². The van der Waals surface area contributed by atoms with Gasteiger partial charge in [0.25, 0.3) is 0 Å². The van der Waals surface area contributed by atoms with Gasteiger partial charge in [-0.25, -0.2) is 24.4 Å². The van der Waals surface area contributed by atoms with Gasteiger partial charge in [-0.1, -0.05) is 0 Å². The molecular formula is C11H9N5O2S2. The molecule has 102 valence electrons. The summed E-state index contributed by atoms with van der Waals surface area (Å²) >= 11 is 2.50. The van der Waals surface area contributed by atoms with Crippen LogP contribution in [0.1, 0.15) is 15.2 Å². The monoisotopic (exact) mass is 307 g/mol. The van der Waals surface area contributed by atoms with Crippen LogP contribution in [0, 0.1) is 6.92 Å². The van der Waals surface area contributed by atoms with Crippen molar-refractivity contribution in [1.29, 1.82) is 0 Å². The number of aromatic carboxylic acids is 1. The van der Waals surface area contributed by atoms with E-state index in [1.54, 1.807) is 18.7 Å². The van der Waals surface area contributed by atoms with E-state index in [9.17, 15) is 9.90 Å². The van der Waals surface area contributed by atoms with Crippen molar-refractivity contribution < 1.29 is 9.90 Å². The molecule has 0 spiro atoms. The van der Waals surface area contributed by atoms with Crippen molar-refractivity contribution in [3.63, 3.8) is 0 Å². The summed E-state index contributed by atoms with van der Waals surface area (Å²) < 4.78 is 1.64. The number of carboxylic acids is 1. The molecule has 0 saturated carbocycles. The lowest BCUT2D eigenvalue weighted by molar-refractivity contribution is 0.0701. The van der Waals surface area contributed by atoms with E-state index in [0.717, 1.165) is 16.7 Å². The molecular weight excluding hydrogens is 298 g/mol. The van der Waals surface area contributed by atoms with Gasteiger partial charge in [0, 0.05) is 12.4 Å². The Bertz CT molecular complexity index is 810. The highest BCUT2D eigenvalue weighted by Gasteiger charge is 2.19. The van der Waals surface area contributed by atoms with Crippen molar-refractivity contribution in [1.82, 2.24) is 24.7 Å². The second-order valence-corrected chi connectivity index (χ2v) is 5.94. The lowest BCUT2D eigenvalue weighted by Gasteiger charge is -2.02. The zero-order valence-corrected chi connectivity index (χ0v) is 12.2. The highest BCUT2D eigenvalue weighted by atomic mass is 32.2. The van der Waals surface area contributed by atoms with Gasteiger partial charge in [-0.15, -0.1) is 11.3 Å². The number of carboxylic acid groups (broad SMARTS) is 1. The molecule has 0 unspecified atom stereocenters. The summed E-state index contributed by atoms with van der Waals surface area (Å²) in [6.45, 7) is 1.77. The van der Waals surface area contributed by atoms with Crippen molar-refractivity contribution in [2.24, 2.45) is 7.05 Å². The summed E-state index contributed by atoms with van der Waals surface area (Å²) in [4.78, 5) is 24.7. The molecule has 0 aromatic carbocycles. The van der Waals surface area contributed by atoms with Crippen molar-refractivity contribution in [2.75, 3.05) is 0 Å². The number of aromatic nitrogens is 5. The average Bonchev–Trinajstić information content (AvgIpc) is 2.95. The SMILES string of the molecule is Cc1c(C(=O)O)sc2ncnc(Sc3ncnn3C)c12. The molecule has 0 radical (unpaired) electrons. The Morgan fingerprint density at radius 3 is 2.80 bits per heavy atom. The Morgan fingerprint density at radius 2 is 2.15 bits per heavy atom. The van der Waals surface area contributed by atoms with Gasteiger partial charge >= 0.3 is 5.97 Å². The molecule has 3 rings (SSSR count). The number of nitrogens with zero attached hydrogens (tertiary/aromatic N) is 5. The molecule has 0 amide bonds. The number of hydrogen-bond donors (Lipinski definition) is 1. The van der Waals surface area contributed by atoms with Crippen LogP contribution in [-0.4, -0.2) is 35.8 Å². The van der Waals surface area contributed by atoms with E-state index in [2.05, 4.69) is 20.1 Å². The van der Waals surface area contributed by atoms with Gasteiger partial charge in [0.2, 0.25) is 0 Å². The molecule has 0 atom stereocenters. The Balaban J connectivity index is 2.16. The Hall–Kier alpha value is -2.00. The van der Waals surface area contributed by atoms with E-state index in [1.807, 2.05) is 0 Å². The third-order valence-electron chi connectivity index (χ3n) is 2.74. The van der Waals surface area contributed by atoms with Crippen molar-refractivity contribution in [3.8, 4) is 0 Å². The first-order valence-corrected chi connectivity index (χ1v) is 7.20. The van der Waals surface area contributed by atoms with Crippen LogP contribution in [0.5, 0.6) is 0 Å². The first kappa shape index (κ1) is 13.0. The number of rotatable bonds is 3.